The van der Waals surface area contributed by atoms with Crippen LogP contribution in [0.3, 0.4) is 0 Å². The van der Waals surface area contributed by atoms with Gasteiger partial charge in [0.05, 0.1) is 19.1 Å². The largest absolute Gasteiger partial charge is 0.493 e. The van der Waals surface area contributed by atoms with Gasteiger partial charge in [-0.1, -0.05) is 12.1 Å². The summed E-state index contributed by atoms with van der Waals surface area (Å²) in [5, 5.41) is 17.8. The van der Waals surface area contributed by atoms with E-state index in [-0.39, 0.29) is 24.1 Å². The van der Waals surface area contributed by atoms with E-state index in [9.17, 15) is 10.1 Å². The fraction of sp³-hybridized carbons (Fsp3) is 0.273. The molecule has 4 rings (SSSR count). The van der Waals surface area contributed by atoms with E-state index in [4.69, 9.17) is 18.9 Å². The summed E-state index contributed by atoms with van der Waals surface area (Å²) in [6.45, 7) is 0.927. The number of nitrogens with one attached hydrogen (secondary N) is 2. The minimum Gasteiger partial charge on any atom is -0.493 e. The smallest absolute Gasteiger partial charge is 0.353 e. The Morgan fingerprint density at radius 3 is 2.45 bits per heavy atom. The lowest BCUT2D eigenvalue weighted by Crippen LogP contribution is -2.12. The molecule has 1 aliphatic rings. The molecule has 0 unspecified atom stereocenters. The van der Waals surface area contributed by atoms with Crippen molar-refractivity contribution in [2.75, 3.05) is 38.2 Å². The molecule has 33 heavy (non-hydrogen) atoms. The molecule has 3 aromatic rings. The van der Waals surface area contributed by atoms with Gasteiger partial charge in [-0.25, -0.2) is 9.97 Å². The molecule has 11 heteroatoms. The average molecular weight is 453 g/mol. The summed E-state index contributed by atoms with van der Waals surface area (Å²) < 4.78 is 21.2. The van der Waals surface area contributed by atoms with Crippen LogP contribution in [0.25, 0.3) is 0 Å². The second-order valence-corrected chi connectivity index (χ2v) is 7.08. The maximum absolute atomic E-state index is 11.8. The highest BCUT2D eigenvalue weighted by Crippen LogP contribution is 2.34. The molecule has 0 fully saturated rings. The van der Waals surface area contributed by atoms with Crippen LogP contribution < -0.4 is 29.6 Å². The van der Waals surface area contributed by atoms with Gasteiger partial charge in [-0.2, -0.15) is 0 Å². The molecule has 2 N–H and O–H groups in total. The quantitative estimate of drug-likeness (QED) is 0.348. The molecule has 2 aromatic carbocycles. The van der Waals surface area contributed by atoms with E-state index >= 15 is 0 Å². The third-order valence-corrected chi connectivity index (χ3v) is 5.06. The van der Waals surface area contributed by atoms with Crippen LogP contribution in [0.2, 0.25) is 0 Å². The van der Waals surface area contributed by atoms with Gasteiger partial charge >= 0.3 is 5.69 Å². The molecule has 0 bridgehead atoms. The molecule has 2 heterocycles. The number of hydrogen-bond acceptors (Lipinski definition) is 10. The van der Waals surface area contributed by atoms with Crippen LogP contribution in [-0.4, -0.2) is 42.4 Å². The number of nitro groups is 1. The molecule has 172 valence electrons. The number of rotatable bonds is 10. The zero-order chi connectivity index (χ0) is 23.2. The van der Waals surface area contributed by atoms with Crippen molar-refractivity contribution in [1.82, 2.24) is 9.97 Å². The summed E-state index contributed by atoms with van der Waals surface area (Å²) in [4.78, 5) is 19.4. The molecular weight excluding hydrogens is 430 g/mol. The fourth-order valence-electron chi connectivity index (χ4n) is 3.41. The van der Waals surface area contributed by atoms with Gasteiger partial charge in [-0.05, 0) is 41.8 Å². The van der Waals surface area contributed by atoms with Gasteiger partial charge in [-0.15, -0.1) is 0 Å². The number of benzene rings is 2. The van der Waals surface area contributed by atoms with Crippen LogP contribution >= 0.6 is 0 Å². The Labute approximate surface area is 189 Å². The zero-order valence-electron chi connectivity index (χ0n) is 18.2. The summed E-state index contributed by atoms with van der Waals surface area (Å²) in [6, 6.07) is 11.1. The Balaban J connectivity index is 1.43. The minimum absolute atomic E-state index is 0.126. The number of anilines is 2. The normalized spacial score (nSPS) is 11.7. The average Bonchev–Trinajstić information content (AvgIpc) is 3.30. The monoisotopic (exact) mass is 453 g/mol. The van der Waals surface area contributed by atoms with Crippen molar-refractivity contribution in [3.05, 3.63) is 64.0 Å². The van der Waals surface area contributed by atoms with Gasteiger partial charge < -0.3 is 29.6 Å². The van der Waals surface area contributed by atoms with Crippen LogP contribution in [0.4, 0.5) is 17.3 Å². The standard InChI is InChI=1S/C22H23N5O6/c1-30-16-5-3-14(9-18(16)31-2)7-8-23-21-20(27(28)29)22(26-12-25-21)24-11-15-4-6-17-19(10-15)33-13-32-17/h3-6,9-10,12H,7-8,11,13H2,1-2H3,(H2,23,24,25,26). The van der Waals surface area contributed by atoms with E-state index in [0.717, 1.165) is 11.1 Å². The third kappa shape index (κ3) is 4.97. The molecule has 0 aliphatic carbocycles. The lowest BCUT2D eigenvalue weighted by Gasteiger charge is -2.12. The first-order valence-corrected chi connectivity index (χ1v) is 10.2. The zero-order valence-corrected chi connectivity index (χ0v) is 18.2. The van der Waals surface area contributed by atoms with E-state index in [1.54, 1.807) is 20.3 Å². The highest BCUT2D eigenvalue weighted by molar-refractivity contribution is 5.69. The number of fused-ring (bicyclic) bond motifs is 1. The van der Waals surface area contributed by atoms with Crippen LogP contribution in [0, 0.1) is 10.1 Å². The highest BCUT2D eigenvalue weighted by atomic mass is 16.7. The van der Waals surface area contributed by atoms with Gasteiger partial charge in [-0.3, -0.25) is 10.1 Å². The van der Waals surface area contributed by atoms with Crippen molar-refractivity contribution >= 4 is 17.3 Å². The molecule has 0 atom stereocenters. The van der Waals surface area contributed by atoms with E-state index in [2.05, 4.69) is 20.6 Å². The van der Waals surface area contributed by atoms with Gasteiger partial charge in [0.25, 0.3) is 0 Å². The summed E-state index contributed by atoms with van der Waals surface area (Å²) in [5.41, 5.74) is 1.64. The summed E-state index contributed by atoms with van der Waals surface area (Å²) >= 11 is 0. The van der Waals surface area contributed by atoms with E-state index in [1.165, 1.54) is 6.33 Å². The van der Waals surface area contributed by atoms with Crippen molar-refractivity contribution in [3.63, 3.8) is 0 Å². The number of ether oxygens (including phenoxy) is 4. The topological polar surface area (TPSA) is 130 Å². The summed E-state index contributed by atoms with van der Waals surface area (Å²) in [7, 11) is 3.15. The van der Waals surface area contributed by atoms with Crippen molar-refractivity contribution in [1.29, 1.82) is 0 Å². The van der Waals surface area contributed by atoms with Gasteiger partial charge in [0.15, 0.2) is 23.0 Å². The molecule has 0 radical (unpaired) electrons. The van der Waals surface area contributed by atoms with Crippen molar-refractivity contribution < 1.29 is 23.9 Å². The Bertz CT molecular complexity index is 1160. The molecule has 0 amide bonds. The first kappa shape index (κ1) is 21.9. The molecular formula is C22H23N5O6. The SMILES string of the molecule is COc1ccc(CCNc2ncnc(NCc3ccc4c(c3)OCO4)c2[N+](=O)[O-])cc1OC. The molecule has 11 nitrogen and oxygen atoms in total. The Hall–Kier alpha value is -4.28. The van der Waals surface area contributed by atoms with Crippen LogP contribution in [0.1, 0.15) is 11.1 Å². The third-order valence-electron chi connectivity index (χ3n) is 5.06. The Morgan fingerprint density at radius 1 is 0.970 bits per heavy atom. The second kappa shape index (κ2) is 9.90. The van der Waals surface area contributed by atoms with Gasteiger partial charge in [0, 0.05) is 13.1 Å². The maximum atomic E-state index is 11.8. The molecule has 1 aliphatic heterocycles. The Kier molecular flexibility index (Phi) is 6.58. The molecule has 1 aromatic heterocycles. The summed E-state index contributed by atoms with van der Waals surface area (Å²) in [5.74, 6) is 2.85. The summed E-state index contributed by atoms with van der Waals surface area (Å²) in [6.07, 6.45) is 1.88. The number of methoxy groups -OCH3 is 2. The molecule has 0 saturated heterocycles. The second-order valence-electron chi connectivity index (χ2n) is 7.08. The molecule has 0 saturated carbocycles. The number of aromatic nitrogens is 2. The van der Waals surface area contributed by atoms with Crippen molar-refractivity contribution in [3.8, 4) is 23.0 Å². The number of hydrogen-bond donors (Lipinski definition) is 2. The van der Waals surface area contributed by atoms with Gasteiger partial charge in [0.2, 0.25) is 18.4 Å². The lowest BCUT2D eigenvalue weighted by molar-refractivity contribution is -0.383. The number of nitrogens with zero attached hydrogens (tertiary/aromatic N) is 3. The highest BCUT2D eigenvalue weighted by Gasteiger charge is 2.23. The predicted octanol–water partition coefficient (Wildman–Crippen LogP) is 3.40. The minimum atomic E-state index is -0.499. The van der Waals surface area contributed by atoms with Crippen LogP contribution in [0.5, 0.6) is 23.0 Å². The van der Waals surface area contributed by atoms with E-state index < -0.39 is 4.92 Å². The predicted molar refractivity (Wildman–Crippen MR) is 120 cm³/mol. The fourth-order valence-corrected chi connectivity index (χ4v) is 3.41. The maximum Gasteiger partial charge on any atom is 0.353 e. The van der Waals surface area contributed by atoms with Crippen molar-refractivity contribution in [2.45, 2.75) is 13.0 Å². The van der Waals surface area contributed by atoms with Gasteiger partial charge in [0.1, 0.15) is 6.33 Å². The lowest BCUT2D eigenvalue weighted by atomic mass is 10.1. The van der Waals surface area contributed by atoms with Crippen LogP contribution in [0.15, 0.2) is 42.7 Å². The first-order valence-electron chi connectivity index (χ1n) is 10.2. The van der Waals surface area contributed by atoms with E-state index in [0.29, 0.717) is 42.5 Å². The van der Waals surface area contributed by atoms with E-state index in [1.807, 2.05) is 30.3 Å². The van der Waals surface area contributed by atoms with Crippen molar-refractivity contribution in [2.24, 2.45) is 0 Å². The molecule has 0 spiro atoms. The Morgan fingerprint density at radius 2 is 1.70 bits per heavy atom. The van der Waals surface area contributed by atoms with Crippen LogP contribution in [-0.2, 0) is 13.0 Å². The first-order chi connectivity index (χ1) is 16.1.